The first-order valence-corrected chi connectivity index (χ1v) is 11.6. The van der Waals surface area contributed by atoms with Gasteiger partial charge in [0.15, 0.2) is 11.6 Å². The van der Waals surface area contributed by atoms with Gasteiger partial charge in [-0.1, -0.05) is 48.0 Å². The predicted molar refractivity (Wildman–Crippen MR) is 131 cm³/mol. The molecule has 0 spiro atoms. The summed E-state index contributed by atoms with van der Waals surface area (Å²) < 4.78 is 55.9. The van der Waals surface area contributed by atoms with Crippen LogP contribution in [0.1, 0.15) is 21.5 Å². The fourth-order valence-electron chi connectivity index (χ4n) is 3.74. The van der Waals surface area contributed by atoms with E-state index in [4.69, 9.17) is 11.6 Å². The van der Waals surface area contributed by atoms with Gasteiger partial charge in [0.25, 0.3) is 0 Å². The van der Waals surface area contributed by atoms with Crippen LogP contribution in [-0.4, -0.2) is 32.6 Å². The normalized spacial score (nSPS) is 11.4. The van der Waals surface area contributed by atoms with E-state index in [9.17, 15) is 31.9 Å². The Morgan fingerprint density at radius 1 is 0.947 bits per heavy atom. The second-order valence-electron chi connectivity index (χ2n) is 8.19. The first kappa shape index (κ1) is 26.8. The van der Waals surface area contributed by atoms with Crippen molar-refractivity contribution in [1.29, 1.82) is 0 Å². The van der Waals surface area contributed by atoms with E-state index in [0.717, 1.165) is 22.9 Å². The van der Waals surface area contributed by atoms with E-state index < -0.39 is 53.6 Å². The molecule has 196 valence electrons. The van der Waals surface area contributed by atoms with Crippen molar-refractivity contribution in [2.24, 2.45) is 0 Å². The van der Waals surface area contributed by atoms with Gasteiger partial charge in [-0.2, -0.15) is 13.2 Å². The highest BCUT2D eigenvalue weighted by Gasteiger charge is 2.34. The topological polar surface area (TPSA) is 86.0 Å². The fraction of sp³-hybridized carbons (Fsp3) is 0.154. The molecule has 12 heteroatoms. The maximum absolute atomic E-state index is 14.3. The highest BCUT2D eigenvalue weighted by Crippen LogP contribution is 2.32. The molecule has 0 unspecified atom stereocenters. The summed E-state index contributed by atoms with van der Waals surface area (Å²) in [6.07, 6.45) is -4.74. The van der Waals surface area contributed by atoms with Crippen LogP contribution in [0.5, 0.6) is 0 Å². The molecule has 7 nitrogen and oxygen atoms in total. The Morgan fingerprint density at radius 2 is 1.61 bits per heavy atom. The van der Waals surface area contributed by atoms with E-state index in [2.05, 4.69) is 10.4 Å². The highest BCUT2D eigenvalue weighted by atomic mass is 35.5. The SMILES string of the molecule is O=C(Cn1nc(-c2ccc(Cl)cc2)n(Cc2ccccc2F)c1=O)NCC(=O)c1ccccc1C(F)(F)F. The molecule has 4 aromatic rings. The van der Waals surface area contributed by atoms with Crippen LogP contribution in [0.4, 0.5) is 17.6 Å². The second-order valence-corrected chi connectivity index (χ2v) is 8.63. The lowest BCUT2D eigenvalue weighted by atomic mass is 10.0. The first-order valence-electron chi connectivity index (χ1n) is 11.2. The summed E-state index contributed by atoms with van der Waals surface area (Å²) >= 11 is 5.95. The quantitative estimate of drug-likeness (QED) is 0.259. The number of benzene rings is 3. The monoisotopic (exact) mass is 546 g/mol. The number of carbonyl (C=O) groups excluding carboxylic acids is 2. The van der Waals surface area contributed by atoms with Crippen LogP contribution < -0.4 is 11.0 Å². The zero-order valence-corrected chi connectivity index (χ0v) is 20.3. The van der Waals surface area contributed by atoms with Crippen molar-refractivity contribution >= 4 is 23.3 Å². The molecule has 1 aromatic heterocycles. The van der Waals surface area contributed by atoms with Crippen molar-refractivity contribution in [1.82, 2.24) is 19.7 Å². The lowest BCUT2D eigenvalue weighted by molar-refractivity contribution is -0.137. The lowest BCUT2D eigenvalue weighted by Crippen LogP contribution is -2.36. The van der Waals surface area contributed by atoms with Gasteiger partial charge in [0.05, 0.1) is 18.7 Å². The molecule has 0 aliphatic carbocycles. The lowest BCUT2D eigenvalue weighted by Gasteiger charge is -2.12. The molecule has 1 amide bonds. The molecule has 0 aliphatic heterocycles. The van der Waals surface area contributed by atoms with E-state index in [1.165, 1.54) is 28.8 Å². The number of nitrogens with one attached hydrogen (secondary N) is 1. The average Bonchev–Trinajstić information content (AvgIpc) is 3.18. The van der Waals surface area contributed by atoms with Crippen molar-refractivity contribution in [3.63, 3.8) is 0 Å². The van der Waals surface area contributed by atoms with E-state index in [0.29, 0.717) is 10.6 Å². The predicted octanol–water partition coefficient (Wildman–Crippen LogP) is 4.57. The van der Waals surface area contributed by atoms with E-state index in [-0.39, 0.29) is 17.9 Å². The highest BCUT2D eigenvalue weighted by molar-refractivity contribution is 6.30. The van der Waals surface area contributed by atoms with E-state index in [1.54, 1.807) is 30.3 Å². The number of hydrogen-bond donors (Lipinski definition) is 1. The molecule has 0 fully saturated rings. The van der Waals surface area contributed by atoms with Gasteiger partial charge < -0.3 is 5.32 Å². The number of carbonyl (C=O) groups is 2. The molecule has 1 heterocycles. The number of aromatic nitrogens is 3. The number of rotatable bonds is 8. The van der Waals surface area contributed by atoms with Gasteiger partial charge in [-0.25, -0.2) is 13.9 Å². The summed E-state index contributed by atoms with van der Waals surface area (Å²) in [7, 11) is 0. The van der Waals surface area contributed by atoms with Crippen molar-refractivity contribution in [2.75, 3.05) is 6.54 Å². The number of amides is 1. The maximum Gasteiger partial charge on any atom is 0.417 e. The number of Topliss-reactive ketones (excluding diaryl/α,β-unsaturated/α-hetero) is 1. The minimum atomic E-state index is -4.74. The number of ketones is 1. The molecular formula is C26H19ClF4N4O3. The van der Waals surface area contributed by atoms with E-state index in [1.807, 2.05) is 0 Å². The average molecular weight is 547 g/mol. The van der Waals surface area contributed by atoms with Gasteiger partial charge in [0.1, 0.15) is 12.4 Å². The Bertz CT molecular complexity index is 1550. The summed E-state index contributed by atoms with van der Waals surface area (Å²) in [5, 5.41) is 6.88. The molecule has 0 saturated heterocycles. The Labute approximate surface area is 218 Å². The van der Waals surface area contributed by atoms with Gasteiger partial charge >= 0.3 is 11.9 Å². The number of alkyl halides is 3. The van der Waals surface area contributed by atoms with E-state index >= 15 is 0 Å². The molecule has 0 bridgehead atoms. The van der Waals surface area contributed by atoms with Crippen LogP contribution in [0.15, 0.2) is 77.6 Å². The number of halogens is 5. The summed E-state index contributed by atoms with van der Waals surface area (Å²) in [5.41, 5.74) is -1.75. The van der Waals surface area contributed by atoms with Crippen LogP contribution >= 0.6 is 11.6 Å². The van der Waals surface area contributed by atoms with Crippen molar-refractivity contribution in [3.05, 3.63) is 111 Å². The summed E-state index contributed by atoms with van der Waals surface area (Å²) in [6, 6.07) is 16.4. The first-order chi connectivity index (χ1) is 18.0. The molecule has 0 radical (unpaired) electrons. The molecule has 4 rings (SSSR count). The standard InChI is InChI=1S/C26H19ClF4N4O3/c27-18-11-9-16(10-12-18)24-33-35(25(38)34(24)14-17-5-1-4-8-21(17)28)15-23(37)32-13-22(36)19-6-2-3-7-20(19)26(29,30)31/h1-12H,13-15H2,(H,32,37). The molecule has 38 heavy (non-hydrogen) atoms. The third kappa shape index (κ3) is 6.00. The molecule has 0 atom stereocenters. The fourth-order valence-corrected chi connectivity index (χ4v) is 3.86. The third-order valence-electron chi connectivity index (χ3n) is 5.58. The van der Waals surface area contributed by atoms with Gasteiger partial charge in [0.2, 0.25) is 5.91 Å². The van der Waals surface area contributed by atoms with Crippen LogP contribution in [0.3, 0.4) is 0 Å². The summed E-state index contributed by atoms with van der Waals surface area (Å²) in [4.78, 5) is 38.1. The number of nitrogens with zero attached hydrogens (tertiary/aromatic N) is 3. The van der Waals surface area contributed by atoms with Crippen molar-refractivity contribution in [2.45, 2.75) is 19.3 Å². The molecule has 3 aromatic carbocycles. The zero-order chi connectivity index (χ0) is 27.4. The molecule has 1 N–H and O–H groups in total. The Morgan fingerprint density at radius 3 is 2.29 bits per heavy atom. The van der Waals surface area contributed by atoms with Crippen LogP contribution in [-0.2, 0) is 24.1 Å². The smallest absolute Gasteiger partial charge is 0.347 e. The van der Waals surface area contributed by atoms with Crippen molar-refractivity contribution < 1.29 is 27.2 Å². The zero-order valence-electron chi connectivity index (χ0n) is 19.5. The maximum atomic E-state index is 14.3. The van der Waals surface area contributed by atoms with Gasteiger partial charge in [0, 0.05) is 21.7 Å². The third-order valence-corrected chi connectivity index (χ3v) is 5.84. The van der Waals surface area contributed by atoms with Crippen LogP contribution in [0.2, 0.25) is 5.02 Å². The minimum Gasteiger partial charge on any atom is -0.347 e. The van der Waals surface area contributed by atoms with Gasteiger partial charge in [-0.05, 0) is 36.4 Å². The van der Waals surface area contributed by atoms with Crippen LogP contribution in [0, 0.1) is 5.82 Å². The Kier molecular flexibility index (Phi) is 7.77. The molecule has 0 aliphatic rings. The minimum absolute atomic E-state index is 0.137. The van der Waals surface area contributed by atoms with Crippen LogP contribution in [0.25, 0.3) is 11.4 Å². The largest absolute Gasteiger partial charge is 0.417 e. The summed E-state index contributed by atoms with van der Waals surface area (Å²) in [6.45, 7) is -1.53. The second kappa shape index (κ2) is 11.0. The van der Waals surface area contributed by atoms with Gasteiger partial charge in [-0.3, -0.25) is 14.2 Å². The Hall–Kier alpha value is -4.25. The Balaban J connectivity index is 1.56. The van der Waals surface area contributed by atoms with Crippen molar-refractivity contribution in [3.8, 4) is 11.4 Å². The molecule has 0 saturated carbocycles. The molecular weight excluding hydrogens is 528 g/mol. The van der Waals surface area contributed by atoms with Gasteiger partial charge in [-0.15, -0.1) is 5.10 Å². The number of hydrogen-bond acceptors (Lipinski definition) is 4. The summed E-state index contributed by atoms with van der Waals surface area (Å²) in [5.74, 6) is -2.18.